The summed E-state index contributed by atoms with van der Waals surface area (Å²) in [5.41, 5.74) is 0.236. The zero-order valence-corrected chi connectivity index (χ0v) is 27.1. The first kappa shape index (κ1) is 34.6. The van der Waals surface area contributed by atoms with Gasteiger partial charge in [-0.3, -0.25) is 19.2 Å². The van der Waals surface area contributed by atoms with Crippen molar-refractivity contribution in [2.24, 2.45) is 11.3 Å². The minimum atomic E-state index is -0.911. The Labute approximate surface area is 270 Å². The van der Waals surface area contributed by atoms with Crippen LogP contribution in [-0.2, 0) is 25.5 Å². The van der Waals surface area contributed by atoms with Crippen LogP contribution in [0.3, 0.4) is 0 Å². The van der Waals surface area contributed by atoms with Crippen molar-refractivity contribution in [3.05, 3.63) is 47.5 Å². The van der Waals surface area contributed by atoms with Crippen LogP contribution in [0.25, 0.3) is 0 Å². The number of fused-ring (bicyclic) bond motifs is 2. The topological polar surface area (TPSA) is 161 Å². The molecular formula is C33H46N6O7. The molecule has 1 aliphatic heterocycles. The molecule has 1 aromatic carbocycles. The normalized spacial score (nSPS) is 19.9. The Morgan fingerprint density at radius 3 is 2.61 bits per heavy atom. The molecule has 1 atom stereocenters. The third-order valence-electron chi connectivity index (χ3n) is 8.27. The first-order valence-electron chi connectivity index (χ1n) is 15.9. The fraction of sp³-hybridized carbons (Fsp3) is 0.576. The van der Waals surface area contributed by atoms with Gasteiger partial charge in [0.25, 0.3) is 11.8 Å². The Balaban J connectivity index is 1.59. The number of nitrogens with zero attached hydrogens (tertiary/aromatic N) is 3. The molecule has 3 N–H and O–H groups in total. The maximum Gasteiger partial charge on any atom is 0.258 e. The second kappa shape index (κ2) is 16.9. The van der Waals surface area contributed by atoms with Gasteiger partial charge < -0.3 is 35.1 Å². The number of hydrogen-bond donors (Lipinski definition) is 3. The molecule has 1 fully saturated rings. The summed E-state index contributed by atoms with van der Waals surface area (Å²) in [5, 5.41) is 8.94. The number of amides is 4. The zero-order chi connectivity index (χ0) is 32.9. The highest BCUT2D eigenvalue weighted by Crippen LogP contribution is 2.43. The van der Waals surface area contributed by atoms with Gasteiger partial charge in [0.05, 0.1) is 18.1 Å². The lowest BCUT2D eigenvalue weighted by molar-refractivity contribution is -0.132. The maximum atomic E-state index is 13.9. The molecule has 2 aromatic rings. The number of nitrogens with one attached hydrogen (secondary N) is 3. The van der Waals surface area contributed by atoms with Gasteiger partial charge in [0.1, 0.15) is 5.82 Å². The number of carbonyl (C=O) groups is 4. The van der Waals surface area contributed by atoms with Crippen LogP contribution in [0.5, 0.6) is 11.5 Å². The third-order valence-corrected chi connectivity index (χ3v) is 8.27. The maximum absolute atomic E-state index is 13.9. The quantitative estimate of drug-likeness (QED) is 0.348. The van der Waals surface area contributed by atoms with E-state index in [9.17, 15) is 19.2 Å². The number of aryl methyl sites for hydroxylation is 1. The molecular weight excluding hydrogens is 592 g/mol. The minimum Gasteiger partial charge on any atom is -0.493 e. The van der Waals surface area contributed by atoms with E-state index in [2.05, 4.69) is 25.9 Å². The van der Waals surface area contributed by atoms with Crippen LogP contribution in [-0.4, -0.2) is 98.7 Å². The van der Waals surface area contributed by atoms with Gasteiger partial charge in [-0.25, -0.2) is 9.97 Å². The molecule has 13 heteroatoms. The molecule has 1 saturated carbocycles. The molecule has 1 aromatic heterocycles. The molecule has 0 radical (unpaired) electrons. The summed E-state index contributed by atoms with van der Waals surface area (Å²) in [6, 6.07) is 5.44. The molecule has 250 valence electrons. The molecule has 4 amide bonds. The molecule has 4 rings (SSSR count). The predicted octanol–water partition coefficient (Wildman–Crippen LogP) is 1.82. The van der Waals surface area contributed by atoms with Gasteiger partial charge in [0.15, 0.2) is 18.1 Å². The SMILES string of the molecule is COCCCNC(=O)C1(CC2CC2)CNC(=O)CCCN(C(=O)c2cnc(C)nc2)CCNC(=O)COc2cc(ccc2OC)C1. The summed E-state index contributed by atoms with van der Waals surface area (Å²) in [5.74, 6) is 0.774. The van der Waals surface area contributed by atoms with Crippen LogP contribution in [0.2, 0.25) is 0 Å². The summed E-state index contributed by atoms with van der Waals surface area (Å²) < 4.78 is 16.5. The average Bonchev–Trinajstić information content (AvgIpc) is 3.87. The highest BCUT2D eigenvalue weighted by molar-refractivity contribution is 5.93. The molecule has 2 aliphatic rings. The largest absolute Gasteiger partial charge is 0.493 e. The monoisotopic (exact) mass is 638 g/mol. The van der Waals surface area contributed by atoms with Crippen molar-refractivity contribution in [1.29, 1.82) is 0 Å². The van der Waals surface area contributed by atoms with E-state index in [1.807, 2.05) is 6.07 Å². The van der Waals surface area contributed by atoms with Crippen molar-refractivity contribution < 1.29 is 33.4 Å². The number of rotatable bonds is 9. The van der Waals surface area contributed by atoms with Gasteiger partial charge in [-0.15, -0.1) is 0 Å². The van der Waals surface area contributed by atoms with E-state index in [-0.39, 0.29) is 62.8 Å². The van der Waals surface area contributed by atoms with Crippen LogP contribution >= 0.6 is 0 Å². The van der Waals surface area contributed by atoms with Gasteiger partial charge >= 0.3 is 0 Å². The van der Waals surface area contributed by atoms with Crippen molar-refractivity contribution in [1.82, 2.24) is 30.8 Å². The van der Waals surface area contributed by atoms with E-state index in [0.717, 1.165) is 18.4 Å². The lowest BCUT2D eigenvalue weighted by atomic mass is 9.75. The van der Waals surface area contributed by atoms with Gasteiger partial charge in [-0.2, -0.15) is 0 Å². The van der Waals surface area contributed by atoms with E-state index < -0.39 is 5.41 Å². The summed E-state index contributed by atoms with van der Waals surface area (Å²) in [6.07, 6.45) is 7.21. The van der Waals surface area contributed by atoms with Crippen LogP contribution in [0.15, 0.2) is 30.6 Å². The van der Waals surface area contributed by atoms with Crippen LogP contribution < -0.4 is 25.4 Å². The lowest BCUT2D eigenvalue weighted by Crippen LogP contribution is -2.50. The Kier molecular flexibility index (Phi) is 12.7. The van der Waals surface area contributed by atoms with Crippen LogP contribution in [0, 0.1) is 18.3 Å². The van der Waals surface area contributed by atoms with Crippen molar-refractivity contribution in [3.63, 3.8) is 0 Å². The second-order valence-corrected chi connectivity index (χ2v) is 12.0. The smallest absolute Gasteiger partial charge is 0.258 e. The molecule has 46 heavy (non-hydrogen) atoms. The fourth-order valence-electron chi connectivity index (χ4n) is 5.59. The predicted molar refractivity (Wildman–Crippen MR) is 169 cm³/mol. The second-order valence-electron chi connectivity index (χ2n) is 12.0. The number of ether oxygens (including phenoxy) is 3. The molecule has 13 nitrogen and oxygen atoms in total. The van der Waals surface area contributed by atoms with E-state index in [1.54, 1.807) is 31.1 Å². The number of aromatic nitrogens is 2. The number of carbonyl (C=O) groups excluding carboxylic acids is 4. The van der Waals surface area contributed by atoms with Gasteiger partial charge in [-0.1, -0.05) is 18.9 Å². The number of methoxy groups -OCH3 is 2. The lowest BCUT2D eigenvalue weighted by Gasteiger charge is -2.33. The summed E-state index contributed by atoms with van der Waals surface area (Å²) in [7, 11) is 3.14. The first-order valence-corrected chi connectivity index (χ1v) is 15.9. The van der Waals surface area contributed by atoms with Crippen molar-refractivity contribution in [2.45, 2.75) is 51.9 Å². The van der Waals surface area contributed by atoms with Gasteiger partial charge in [-0.05, 0) is 56.2 Å². The fourth-order valence-corrected chi connectivity index (χ4v) is 5.59. The molecule has 1 aliphatic carbocycles. The van der Waals surface area contributed by atoms with E-state index in [4.69, 9.17) is 14.2 Å². The van der Waals surface area contributed by atoms with E-state index in [0.29, 0.717) is 67.6 Å². The molecule has 1 unspecified atom stereocenters. The Morgan fingerprint density at radius 2 is 1.89 bits per heavy atom. The van der Waals surface area contributed by atoms with Crippen molar-refractivity contribution in [3.8, 4) is 11.5 Å². The Bertz CT molecular complexity index is 1350. The highest BCUT2D eigenvalue weighted by Gasteiger charge is 2.43. The number of hydrogen-bond acceptors (Lipinski definition) is 9. The summed E-state index contributed by atoms with van der Waals surface area (Å²) in [4.78, 5) is 63.0. The Morgan fingerprint density at radius 1 is 1.11 bits per heavy atom. The molecule has 2 heterocycles. The third kappa shape index (κ3) is 10.1. The van der Waals surface area contributed by atoms with Crippen molar-refractivity contribution in [2.75, 3.05) is 60.2 Å². The highest BCUT2D eigenvalue weighted by atomic mass is 16.5. The number of benzene rings is 1. The van der Waals surface area contributed by atoms with Crippen molar-refractivity contribution >= 4 is 23.6 Å². The van der Waals surface area contributed by atoms with Gasteiger partial charge in [0, 0.05) is 65.3 Å². The first-order chi connectivity index (χ1) is 22.2. The Hall–Kier alpha value is -4.26. The summed E-state index contributed by atoms with van der Waals surface area (Å²) >= 11 is 0. The molecule has 2 bridgehead atoms. The van der Waals surface area contributed by atoms with E-state index >= 15 is 0 Å². The average molecular weight is 639 g/mol. The molecule has 0 spiro atoms. The minimum absolute atomic E-state index is 0.125. The molecule has 0 saturated heterocycles. The summed E-state index contributed by atoms with van der Waals surface area (Å²) in [6.45, 7) is 3.29. The van der Waals surface area contributed by atoms with Gasteiger partial charge in [0.2, 0.25) is 11.8 Å². The standard InChI is InChI=1S/C33H46N6O7/c1-23-36-19-26(20-37-23)31(42)39-13-4-6-29(40)38-22-33(17-24-7-8-24,32(43)35-11-5-15-44-2)18-25-9-10-27(45-3)28(16-25)46-21-30(41)34-12-14-39/h9-10,16,19-20,24H,4-8,11-15,17-18,21-22H2,1-3H3,(H,34,41)(H,35,43)(H,38,40). The van der Waals surface area contributed by atoms with Crippen LogP contribution in [0.1, 0.15) is 60.3 Å². The zero-order valence-electron chi connectivity index (χ0n) is 27.1. The van der Waals surface area contributed by atoms with Crippen LogP contribution in [0.4, 0.5) is 0 Å². The van der Waals surface area contributed by atoms with E-state index in [1.165, 1.54) is 19.5 Å².